The number of nitrogens with zero attached hydrogens (tertiary/aromatic N) is 2. The summed E-state index contributed by atoms with van der Waals surface area (Å²) in [5.41, 5.74) is 4.68. The van der Waals surface area contributed by atoms with Crippen LogP contribution in [0.4, 0.5) is 0 Å². The molecule has 2 N–H and O–H groups in total. The number of benzene rings is 1. The number of aryl methyl sites for hydroxylation is 1. The fraction of sp³-hybridized carbons (Fsp3) is 0.267. The van der Waals surface area contributed by atoms with Crippen molar-refractivity contribution in [2.24, 2.45) is 7.05 Å². The van der Waals surface area contributed by atoms with Crippen LogP contribution in [-0.2, 0) is 13.5 Å². The number of nitrogens with one attached hydrogen (secondary N) is 2. The van der Waals surface area contributed by atoms with E-state index in [0.717, 1.165) is 24.2 Å². The average molecular weight is 254 g/mol. The minimum atomic E-state index is 0.953. The lowest BCUT2D eigenvalue weighted by Crippen LogP contribution is -2.12. The summed E-state index contributed by atoms with van der Waals surface area (Å²) in [5, 5.41) is 4.42. The van der Waals surface area contributed by atoms with Crippen LogP contribution < -0.4 is 5.32 Å². The standard InChI is InChI=1S/C15H18N4/c1-16-8-7-14-15(18-10-19(14)2)12-9-17-13-6-4-3-5-11(12)13/h3-6,9-10,16-17H,7-8H2,1-2H3. The molecule has 4 nitrogen and oxygen atoms in total. The zero-order valence-electron chi connectivity index (χ0n) is 11.3. The molecule has 0 amide bonds. The Hall–Kier alpha value is -2.07. The fourth-order valence-electron chi connectivity index (χ4n) is 2.49. The third-order valence-electron chi connectivity index (χ3n) is 3.52. The van der Waals surface area contributed by atoms with Crippen LogP contribution in [0.15, 0.2) is 36.8 Å². The summed E-state index contributed by atoms with van der Waals surface area (Å²) in [4.78, 5) is 7.89. The van der Waals surface area contributed by atoms with E-state index in [2.05, 4.69) is 51.3 Å². The number of aromatic nitrogens is 3. The van der Waals surface area contributed by atoms with E-state index in [9.17, 15) is 0 Å². The van der Waals surface area contributed by atoms with Gasteiger partial charge in [0, 0.05) is 48.4 Å². The summed E-state index contributed by atoms with van der Waals surface area (Å²) in [6.07, 6.45) is 4.92. The molecular weight excluding hydrogens is 236 g/mol. The second kappa shape index (κ2) is 4.90. The molecule has 0 spiro atoms. The molecule has 0 bridgehead atoms. The van der Waals surface area contributed by atoms with Crippen LogP contribution in [0.2, 0.25) is 0 Å². The highest BCUT2D eigenvalue weighted by atomic mass is 15.0. The summed E-state index contributed by atoms with van der Waals surface area (Å²) in [7, 11) is 4.03. The second-order valence-electron chi connectivity index (χ2n) is 4.75. The summed E-state index contributed by atoms with van der Waals surface area (Å²) in [6, 6.07) is 8.34. The number of likely N-dealkylation sites (N-methyl/N-ethyl adjacent to an activating group) is 1. The van der Waals surface area contributed by atoms with Gasteiger partial charge in [-0.3, -0.25) is 0 Å². The Morgan fingerprint density at radius 2 is 2.16 bits per heavy atom. The van der Waals surface area contributed by atoms with Gasteiger partial charge in [-0.25, -0.2) is 4.98 Å². The SMILES string of the molecule is CNCCc1c(-c2c[nH]c3ccccc23)ncn1C. The lowest BCUT2D eigenvalue weighted by atomic mass is 10.1. The first-order valence-electron chi connectivity index (χ1n) is 6.52. The Morgan fingerprint density at radius 1 is 1.32 bits per heavy atom. The van der Waals surface area contributed by atoms with Crippen LogP contribution >= 0.6 is 0 Å². The van der Waals surface area contributed by atoms with Crippen molar-refractivity contribution in [3.05, 3.63) is 42.5 Å². The molecule has 0 unspecified atom stereocenters. The molecule has 0 radical (unpaired) electrons. The van der Waals surface area contributed by atoms with Gasteiger partial charge in [0.15, 0.2) is 0 Å². The van der Waals surface area contributed by atoms with Gasteiger partial charge in [0.25, 0.3) is 0 Å². The average Bonchev–Trinajstić information content (AvgIpc) is 3.00. The molecule has 0 aliphatic carbocycles. The minimum Gasteiger partial charge on any atom is -0.360 e. The quantitative estimate of drug-likeness (QED) is 0.750. The van der Waals surface area contributed by atoms with E-state index >= 15 is 0 Å². The van der Waals surface area contributed by atoms with Gasteiger partial charge in [0.05, 0.1) is 12.0 Å². The van der Waals surface area contributed by atoms with Gasteiger partial charge in [0.1, 0.15) is 0 Å². The maximum absolute atomic E-state index is 4.58. The molecule has 0 aliphatic heterocycles. The molecule has 3 aromatic rings. The summed E-state index contributed by atoms with van der Waals surface area (Å²) in [5.74, 6) is 0. The number of hydrogen-bond acceptors (Lipinski definition) is 2. The highest BCUT2D eigenvalue weighted by Crippen LogP contribution is 2.29. The van der Waals surface area contributed by atoms with E-state index in [-0.39, 0.29) is 0 Å². The van der Waals surface area contributed by atoms with Crippen LogP contribution in [-0.4, -0.2) is 28.1 Å². The van der Waals surface area contributed by atoms with Gasteiger partial charge in [-0.15, -0.1) is 0 Å². The van der Waals surface area contributed by atoms with Crippen molar-refractivity contribution in [3.8, 4) is 11.3 Å². The number of hydrogen-bond donors (Lipinski definition) is 2. The van der Waals surface area contributed by atoms with E-state index in [1.807, 2.05) is 19.4 Å². The van der Waals surface area contributed by atoms with Crippen molar-refractivity contribution in [1.82, 2.24) is 19.9 Å². The monoisotopic (exact) mass is 254 g/mol. The number of H-pyrrole nitrogens is 1. The van der Waals surface area contributed by atoms with Crippen LogP contribution in [0, 0.1) is 0 Å². The van der Waals surface area contributed by atoms with Crippen LogP contribution in [0.5, 0.6) is 0 Å². The van der Waals surface area contributed by atoms with E-state index in [1.165, 1.54) is 16.6 Å². The van der Waals surface area contributed by atoms with Crippen molar-refractivity contribution in [1.29, 1.82) is 0 Å². The predicted molar refractivity (Wildman–Crippen MR) is 78.1 cm³/mol. The molecule has 2 heterocycles. The smallest absolute Gasteiger partial charge is 0.0953 e. The normalized spacial score (nSPS) is 11.3. The molecule has 0 saturated heterocycles. The molecule has 0 aliphatic rings. The molecule has 19 heavy (non-hydrogen) atoms. The first-order valence-corrected chi connectivity index (χ1v) is 6.52. The summed E-state index contributed by atoms with van der Waals surface area (Å²) < 4.78 is 2.11. The molecule has 4 heteroatoms. The van der Waals surface area contributed by atoms with E-state index in [1.54, 1.807) is 0 Å². The molecule has 3 rings (SSSR count). The summed E-state index contributed by atoms with van der Waals surface area (Å²) in [6.45, 7) is 0.953. The second-order valence-corrected chi connectivity index (χ2v) is 4.75. The third-order valence-corrected chi connectivity index (χ3v) is 3.52. The van der Waals surface area contributed by atoms with Gasteiger partial charge in [-0.1, -0.05) is 18.2 Å². The molecule has 98 valence electrons. The Kier molecular flexibility index (Phi) is 3.09. The highest BCUT2D eigenvalue weighted by Gasteiger charge is 2.14. The molecule has 1 aromatic carbocycles. The molecule has 0 fully saturated rings. The molecule has 0 saturated carbocycles. The molecule has 0 atom stereocenters. The lowest BCUT2D eigenvalue weighted by molar-refractivity contribution is 0.738. The lowest BCUT2D eigenvalue weighted by Gasteiger charge is -2.05. The Bertz CT molecular complexity index is 693. The minimum absolute atomic E-state index is 0.953. The third kappa shape index (κ3) is 2.04. The predicted octanol–water partition coefficient (Wildman–Crippen LogP) is 2.33. The Morgan fingerprint density at radius 3 is 3.00 bits per heavy atom. The number of para-hydroxylation sites is 1. The van der Waals surface area contributed by atoms with Gasteiger partial charge in [-0.05, 0) is 13.1 Å². The van der Waals surface area contributed by atoms with Gasteiger partial charge in [-0.2, -0.15) is 0 Å². The zero-order valence-corrected chi connectivity index (χ0v) is 11.3. The van der Waals surface area contributed by atoms with Crippen molar-refractivity contribution in [3.63, 3.8) is 0 Å². The first kappa shape index (κ1) is 12.0. The number of aromatic amines is 1. The largest absolute Gasteiger partial charge is 0.360 e. The van der Waals surface area contributed by atoms with Crippen molar-refractivity contribution >= 4 is 10.9 Å². The van der Waals surface area contributed by atoms with Crippen LogP contribution in [0.3, 0.4) is 0 Å². The van der Waals surface area contributed by atoms with Crippen molar-refractivity contribution < 1.29 is 0 Å². The van der Waals surface area contributed by atoms with E-state index in [4.69, 9.17) is 0 Å². The summed E-state index contributed by atoms with van der Waals surface area (Å²) >= 11 is 0. The zero-order chi connectivity index (χ0) is 13.2. The topological polar surface area (TPSA) is 45.6 Å². The van der Waals surface area contributed by atoms with Crippen LogP contribution in [0.25, 0.3) is 22.2 Å². The number of imidazole rings is 1. The Labute approximate surface area is 112 Å². The number of fused-ring (bicyclic) bond motifs is 1. The number of rotatable bonds is 4. The maximum atomic E-state index is 4.58. The van der Waals surface area contributed by atoms with Crippen molar-refractivity contribution in [2.75, 3.05) is 13.6 Å². The molecule has 2 aromatic heterocycles. The van der Waals surface area contributed by atoms with Gasteiger partial charge < -0.3 is 14.9 Å². The maximum Gasteiger partial charge on any atom is 0.0953 e. The molecular formula is C15H18N4. The van der Waals surface area contributed by atoms with E-state index in [0.29, 0.717) is 0 Å². The Balaban J connectivity index is 2.11. The highest BCUT2D eigenvalue weighted by molar-refractivity contribution is 5.95. The van der Waals surface area contributed by atoms with Gasteiger partial charge in [0.2, 0.25) is 0 Å². The van der Waals surface area contributed by atoms with Gasteiger partial charge >= 0.3 is 0 Å². The van der Waals surface area contributed by atoms with Crippen LogP contribution in [0.1, 0.15) is 5.69 Å². The first-order chi connectivity index (χ1) is 9.31. The fourth-order valence-corrected chi connectivity index (χ4v) is 2.49. The van der Waals surface area contributed by atoms with E-state index < -0.39 is 0 Å². The van der Waals surface area contributed by atoms with Crippen molar-refractivity contribution in [2.45, 2.75) is 6.42 Å².